The molecule has 150 valence electrons. The highest BCUT2D eigenvalue weighted by Gasteiger charge is 2.19. The van der Waals surface area contributed by atoms with Crippen LogP contribution in [0, 0.1) is 10.1 Å². The smallest absolute Gasteiger partial charge is 0.269 e. The van der Waals surface area contributed by atoms with E-state index in [0.29, 0.717) is 23.7 Å². The number of carbonyl (C=O) groups is 1. The lowest BCUT2D eigenvalue weighted by Gasteiger charge is -2.15. The van der Waals surface area contributed by atoms with Crippen molar-refractivity contribution in [1.29, 1.82) is 0 Å². The van der Waals surface area contributed by atoms with Crippen LogP contribution in [0.4, 0.5) is 5.69 Å². The van der Waals surface area contributed by atoms with Crippen LogP contribution in [0.25, 0.3) is 0 Å². The number of thioether (sulfide) groups is 1. The molecule has 1 atom stereocenters. The predicted molar refractivity (Wildman–Crippen MR) is 111 cm³/mol. The summed E-state index contributed by atoms with van der Waals surface area (Å²) in [5.41, 5.74) is 1.62. The molecule has 0 spiro atoms. The molecule has 3 rings (SSSR count). The zero-order chi connectivity index (χ0) is 20.8. The lowest BCUT2D eigenvalue weighted by Crippen LogP contribution is -2.28. The third-order valence-electron chi connectivity index (χ3n) is 4.35. The second-order valence-corrected chi connectivity index (χ2v) is 7.30. The van der Waals surface area contributed by atoms with E-state index < -0.39 is 4.92 Å². The number of nitrogens with one attached hydrogen (secondary N) is 1. The molecule has 0 bridgehead atoms. The first kappa shape index (κ1) is 20.5. The van der Waals surface area contributed by atoms with Crippen LogP contribution >= 0.6 is 11.8 Å². The van der Waals surface area contributed by atoms with Crippen LogP contribution in [0.3, 0.4) is 0 Å². The van der Waals surface area contributed by atoms with Crippen LogP contribution in [0.1, 0.15) is 41.6 Å². The average Bonchev–Trinajstić information content (AvgIpc) is 3.16. The van der Waals surface area contributed by atoms with E-state index in [1.54, 1.807) is 24.3 Å². The molecule has 1 amide bonds. The zero-order valence-electron chi connectivity index (χ0n) is 16.1. The Kier molecular flexibility index (Phi) is 6.61. The van der Waals surface area contributed by atoms with Crippen molar-refractivity contribution >= 4 is 23.4 Å². The average molecular weight is 411 g/mol. The Balaban J connectivity index is 1.67. The Morgan fingerprint density at radius 2 is 1.86 bits per heavy atom. The molecule has 29 heavy (non-hydrogen) atoms. The number of nitro groups is 1. The molecule has 0 aliphatic carbocycles. The van der Waals surface area contributed by atoms with Crippen molar-refractivity contribution in [1.82, 2.24) is 20.1 Å². The largest absolute Gasteiger partial charge is 0.342 e. The Morgan fingerprint density at radius 3 is 2.48 bits per heavy atom. The number of carbonyl (C=O) groups excluding carboxylic acids is 1. The Labute approximate surface area is 172 Å². The van der Waals surface area contributed by atoms with Gasteiger partial charge >= 0.3 is 0 Å². The molecule has 0 saturated heterocycles. The van der Waals surface area contributed by atoms with Crippen molar-refractivity contribution in [2.24, 2.45) is 0 Å². The second-order valence-electron chi connectivity index (χ2n) is 6.36. The number of amides is 1. The molecular formula is C20H21N5O3S. The molecule has 1 N–H and O–H groups in total. The van der Waals surface area contributed by atoms with E-state index in [4.69, 9.17) is 0 Å². The van der Waals surface area contributed by atoms with E-state index in [-0.39, 0.29) is 17.6 Å². The summed E-state index contributed by atoms with van der Waals surface area (Å²) in [5, 5.41) is 23.0. The third kappa shape index (κ3) is 5.00. The van der Waals surface area contributed by atoms with Gasteiger partial charge in [-0.05, 0) is 31.5 Å². The molecule has 1 heterocycles. The van der Waals surface area contributed by atoms with Gasteiger partial charge < -0.3 is 9.88 Å². The Hall–Kier alpha value is -3.20. The number of aromatic nitrogens is 3. The van der Waals surface area contributed by atoms with Gasteiger partial charge in [0.15, 0.2) is 11.0 Å². The topological polar surface area (TPSA) is 103 Å². The maximum atomic E-state index is 12.4. The Bertz CT molecular complexity index is 989. The van der Waals surface area contributed by atoms with Crippen molar-refractivity contribution in [2.75, 3.05) is 0 Å². The lowest BCUT2D eigenvalue weighted by atomic mass is 10.2. The summed E-state index contributed by atoms with van der Waals surface area (Å²) < 4.78 is 1.96. The van der Waals surface area contributed by atoms with Gasteiger partial charge in [-0.2, -0.15) is 0 Å². The molecule has 3 aromatic rings. The van der Waals surface area contributed by atoms with Crippen molar-refractivity contribution in [3.05, 3.63) is 81.7 Å². The summed E-state index contributed by atoms with van der Waals surface area (Å²) in [5.74, 6) is 1.13. The quantitative estimate of drug-likeness (QED) is 0.341. The molecule has 0 radical (unpaired) electrons. The number of hydrogen-bond donors (Lipinski definition) is 1. The number of benzene rings is 2. The van der Waals surface area contributed by atoms with Gasteiger partial charge in [-0.3, -0.25) is 14.9 Å². The SMILES string of the molecule is CCn1c(SCc2ccc([N+](=O)[O-])cc2)nnc1[C@@H](C)NC(=O)c1ccccc1. The summed E-state index contributed by atoms with van der Waals surface area (Å²) in [6, 6.07) is 15.2. The van der Waals surface area contributed by atoms with Crippen LogP contribution in [-0.4, -0.2) is 25.6 Å². The minimum absolute atomic E-state index is 0.0701. The third-order valence-corrected chi connectivity index (χ3v) is 5.39. The molecule has 0 fully saturated rings. The van der Waals surface area contributed by atoms with E-state index in [9.17, 15) is 14.9 Å². The highest BCUT2D eigenvalue weighted by Crippen LogP contribution is 2.25. The standard InChI is InChI=1S/C20H21N5O3S/c1-3-24-18(14(2)21-19(26)16-7-5-4-6-8-16)22-23-20(24)29-13-15-9-11-17(12-10-15)25(27)28/h4-12,14H,3,13H2,1-2H3,(H,21,26)/t14-/m1/s1. The van der Waals surface area contributed by atoms with Gasteiger partial charge in [0.25, 0.3) is 11.6 Å². The fourth-order valence-electron chi connectivity index (χ4n) is 2.82. The fraction of sp³-hybridized carbons (Fsp3) is 0.250. The maximum absolute atomic E-state index is 12.4. The van der Waals surface area contributed by atoms with Gasteiger partial charge in [-0.1, -0.05) is 42.1 Å². The van der Waals surface area contributed by atoms with Gasteiger partial charge in [0, 0.05) is 30.0 Å². The molecule has 0 aliphatic heterocycles. The number of non-ortho nitro benzene ring substituents is 1. The molecule has 0 saturated carbocycles. The maximum Gasteiger partial charge on any atom is 0.269 e. The first-order chi connectivity index (χ1) is 14.0. The van der Waals surface area contributed by atoms with E-state index >= 15 is 0 Å². The highest BCUT2D eigenvalue weighted by atomic mass is 32.2. The van der Waals surface area contributed by atoms with Crippen LogP contribution in [0.2, 0.25) is 0 Å². The van der Waals surface area contributed by atoms with Crippen LogP contribution in [0.15, 0.2) is 59.8 Å². The molecule has 1 aromatic heterocycles. The summed E-state index contributed by atoms with van der Waals surface area (Å²) in [7, 11) is 0. The first-order valence-electron chi connectivity index (χ1n) is 9.14. The molecule has 2 aromatic carbocycles. The van der Waals surface area contributed by atoms with Crippen LogP contribution in [0.5, 0.6) is 0 Å². The van der Waals surface area contributed by atoms with Gasteiger partial charge in [0.1, 0.15) is 0 Å². The predicted octanol–water partition coefficient (Wildman–Crippen LogP) is 3.99. The summed E-state index contributed by atoms with van der Waals surface area (Å²) in [4.78, 5) is 22.7. The van der Waals surface area contributed by atoms with Gasteiger partial charge in [0.2, 0.25) is 0 Å². The monoisotopic (exact) mass is 411 g/mol. The first-order valence-corrected chi connectivity index (χ1v) is 10.1. The molecule has 0 unspecified atom stereocenters. The Morgan fingerprint density at radius 1 is 1.17 bits per heavy atom. The number of rotatable bonds is 8. The van der Waals surface area contributed by atoms with Crippen LogP contribution in [-0.2, 0) is 12.3 Å². The van der Waals surface area contributed by atoms with Crippen molar-refractivity contribution in [3.63, 3.8) is 0 Å². The lowest BCUT2D eigenvalue weighted by molar-refractivity contribution is -0.384. The fourth-order valence-corrected chi connectivity index (χ4v) is 3.79. The van der Waals surface area contributed by atoms with E-state index in [2.05, 4.69) is 15.5 Å². The summed E-state index contributed by atoms with van der Waals surface area (Å²) >= 11 is 1.50. The normalized spacial score (nSPS) is 11.8. The second kappa shape index (κ2) is 9.33. The molecule has 8 nitrogen and oxygen atoms in total. The number of nitro benzene ring substituents is 1. The van der Waals surface area contributed by atoms with E-state index in [0.717, 1.165) is 10.7 Å². The van der Waals surface area contributed by atoms with Crippen molar-refractivity contribution < 1.29 is 9.72 Å². The minimum atomic E-state index is -0.415. The zero-order valence-corrected chi connectivity index (χ0v) is 16.9. The van der Waals surface area contributed by atoms with E-state index in [1.807, 2.05) is 36.6 Å². The van der Waals surface area contributed by atoms with Crippen molar-refractivity contribution in [2.45, 2.75) is 37.3 Å². The molecule has 0 aliphatic rings. The summed E-state index contributed by atoms with van der Waals surface area (Å²) in [6.45, 7) is 4.53. The minimum Gasteiger partial charge on any atom is -0.342 e. The van der Waals surface area contributed by atoms with Crippen molar-refractivity contribution in [3.8, 4) is 0 Å². The summed E-state index contributed by atoms with van der Waals surface area (Å²) in [6.07, 6.45) is 0. The number of hydrogen-bond acceptors (Lipinski definition) is 6. The van der Waals surface area contributed by atoms with Crippen LogP contribution < -0.4 is 5.32 Å². The molecular weight excluding hydrogens is 390 g/mol. The van der Waals surface area contributed by atoms with Gasteiger partial charge in [0.05, 0.1) is 11.0 Å². The van der Waals surface area contributed by atoms with Gasteiger partial charge in [-0.15, -0.1) is 10.2 Å². The van der Waals surface area contributed by atoms with E-state index in [1.165, 1.54) is 23.9 Å². The number of nitrogens with zero attached hydrogens (tertiary/aromatic N) is 4. The highest BCUT2D eigenvalue weighted by molar-refractivity contribution is 7.98. The van der Waals surface area contributed by atoms with Gasteiger partial charge in [-0.25, -0.2) is 0 Å². The molecule has 9 heteroatoms.